The number of carbonyl (C=O) groups is 5. The molecule has 1 aliphatic carbocycles. The lowest BCUT2D eigenvalue weighted by Crippen LogP contribution is -2.45. The van der Waals surface area contributed by atoms with Crippen LogP contribution in [0.1, 0.15) is 69.9 Å². The number of esters is 1. The molecule has 0 unspecified atom stereocenters. The van der Waals surface area contributed by atoms with Crippen LogP contribution < -0.4 is 16.0 Å². The molecule has 0 aromatic heterocycles. The van der Waals surface area contributed by atoms with Crippen molar-refractivity contribution in [2.75, 3.05) is 20.3 Å². The lowest BCUT2D eigenvalue weighted by Gasteiger charge is -2.22. The highest BCUT2D eigenvalue weighted by atomic mass is 16.6. The molecule has 4 N–H and O–H groups in total. The Hall–Kier alpha value is -4.61. The van der Waals surface area contributed by atoms with E-state index in [4.69, 9.17) is 14.2 Å². The topological polar surface area (TPSA) is 169 Å². The predicted molar refractivity (Wildman–Crippen MR) is 161 cm³/mol. The van der Waals surface area contributed by atoms with Crippen molar-refractivity contribution in [2.24, 2.45) is 0 Å². The maximum Gasteiger partial charge on any atom is 0.408 e. The largest absolute Gasteiger partial charge is 0.480 e. The number of rotatable bonds is 14. The number of ether oxygens (including phenoxy) is 3. The number of methoxy groups -OCH3 is 1. The van der Waals surface area contributed by atoms with Gasteiger partial charge in [0.05, 0.1) is 7.11 Å². The number of alkyl carbamates (subject to hydrolysis) is 2. The van der Waals surface area contributed by atoms with E-state index in [1.54, 1.807) is 20.8 Å². The highest BCUT2D eigenvalue weighted by Gasteiger charge is 2.29. The molecule has 2 aromatic carbocycles. The first-order valence-electron chi connectivity index (χ1n) is 14.6. The van der Waals surface area contributed by atoms with E-state index in [2.05, 4.69) is 28.1 Å². The molecule has 0 saturated heterocycles. The van der Waals surface area contributed by atoms with Crippen LogP contribution >= 0.6 is 0 Å². The predicted octanol–water partition coefficient (Wildman–Crippen LogP) is 4.11. The van der Waals surface area contributed by atoms with Gasteiger partial charge in [0.25, 0.3) is 0 Å². The van der Waals surface area contributed by atoms with Crippen LogP contribution in [0.5, 0.6) is 0 Å². The summed E-state index contributed by atoms with van der Waals surface area (Å²) in [6.07, 6.45) is -0.705. The minimum absolute atomic E-state index is 0.0450. The number of fused-ring (bicyclic) bond motifs is 3. The monoisotopic (exact) mass is 611 g/mol. The molecule has 0 aliphatic heterocycles. The number of unbranched alkanes of at least 4 members (excludes halogenated alkanes) is 1. The number of carbonyl (C=O) groups excluding carboxylic acids is 4. The molecule has 0 fully saturated rings. The fraction of sp³-hybridized carbons (Fsp3) is 0.469. The van der Waals surface area contributed by atoms with Crippen LogP contribution in [-0.2, 0) is 28.6 Å². The van der Waals surface area contributed by atoms with E-state index in [0.29, 0.717) is 19.4 Å². The zero-order valence-corrected chi connectivity index (χ0v) is 25.5. The van der Waals surface area contributed by atoms with Gasteiger partial charge in [-0.15, -0.1) is 0 Å². The quantitative estimate of drug-likeness (QED) is 0.139. The number of benzene rings is 2. The highest BCUT2D eigenvalue weighted by Crippen LogP contribution is 2.44. The number of hydrogen-bond acceptors (Lipinski definition) is 8. The molecule has 44 heavy (non-hydrogen) atoms. The molecule has 0 spiro atoms. The molecule has 3 amide bonds. The third-order valence-electron chi connectivity index (χ3n) is 7.00. The average Bonchev–Trinajstić information content (AvgIpc) is 3.29. The second kappa shape index (κ2) is 15.7. The molecular weight excluding hydrogens is 570 g/mol. The van der Waals surface area contributed by atoms with Gasteiger partial charge in [0.2, 0.25) is 5.91 Å². The third-order valence-corrected chi connectivity index (χ3v) is 7.00. The fourth-order valence-corrected chi connectivity index (χ4v) is 4.95. The van der Waals surface area contributed by atoms with E-state index in [-0.39, 0.29) is 31.8 Å². The van der Waals surface area contributed by atoms with Crippen LogP contribution in [0.25, 0.3) is 11.1 Å². The standard InChI is InChI=1S/C32H41N3O9/c1-32(2,3)44-31(41)35-25(28(37)38)16-17-27(36)34-26(29(39)42-4)15-9-10-18-33-30(40)43-19-24-22-13-7-5-11-20(22)21-12-6-8-14-23(21)24/h5-8,11-14,24-26H,9-10,15-19H2,1-4H3,(H,33,40)(H,34,36)(H,35,41)(H,37,38)/t25-,26-/m0/s1. The zero-order valence-electron chi connectivity index (χ0n) is 25.5. The smallest absolute Gasteiger partial charge is 0.408 e. The normalized spacial score (nSPS) is 13.5. The van der Waals surface area contributed by atoms with Gasteiger partial charge in [0.1, 0.15) is 24.3 Å². The summed E-state index contributed by atoms with van der Waals surface area (Å²) in [4.78, 5) is 60.6. The molecule has 0 radical (unpaired) electrons. The van der Waals surface area contributed by atoms with E-state index in [9.17, 15) is 29.1 Å². The Kier molecular flexibility index (Phi) is 12.1. The first-order chi connectivity index (χ1) is 20.9. The van der Waals surface area contributed by atoms with Gasteiger partial charge in [-0.05, 0) is 68.7 Å². The maximum atomic E-state index is 12.5. The van der Waals surface area contributed by atoms with Crippen LogP contribution in [0.2, 0.25) is 0 Å². The molecule has 2 atom stereocenters. The van der Waals surface area contributed by atoms with Crippen molar-refractivity contribution < 1.29 is 43.3 Å². The van der Waals surface area contributed by atoms with Crippen LogP contribution in [0.15, 0.2) is 48.5 Å². The molecular formula is C32H41N3O9. The molecule has 0 bridgehead atoms. The Labute approximate surface area is 256 Å². The Morgan fingerprint density at radius 1 is 0.841 bits per heavy atom. The van der Waals surface area contributed by atoms with E-state index in [1.165, 1.54) is 7.11 Å². The summed E-state index contributed by atoms with van der Waals surface area (Å²) in [5.74, 6) is -2.59. The number of nitrogens with one attached hydrogen (secondary N) is 3. The van der Waals surface area contributed by atoms with E-state index in [1.807, 2.05) is 36.4 Å². The molecule has 3 rings (SSSR count). The Morgan fingerprint density at radius 2 is 1.45 bits per heavy atom. The zero-order chi connectivity index (χ0) is 32.3. The minimum atomic E-state index is -1.35. The first kappa shape index (κ1) is 33.9. The number of amides is 3. The Morgan fingerprint density at radius 3 is 2.02 bits per heavy atom. The molecule has 12 heteroatoms. The average molecular weight is 612 g/mol. The number of aliphatic carboxylic acids is 1. The van der Waals surface area contributed by atoms with Gasteiger partial charge < -0.3 is 35.3 Å². The summed E-state index contributed by atoms with van der Waals surface area (Å²) in [5.41, 5.74) is 3.71. The van der Waals surface area contributed by atoms with E-state index >= 15 is 0 Å². The Bertz CT molecular complexity index is 1290. The van der Waals surface area contributed by atoms with Crippen molar-refractivity contribution in [3.63, 3.8) is 0 Å². The second-order valence-electron chi connectivity index (χ2n) is 11.5. The van der Waals surface area contributed by atoms with Crippen molar-refractivity contribution in [2.45, 2.75) is 76.5 Å². The minimum Gasteiger partial charge on any atom is -0.480 e. The van der Waals surface area contributed by atoms with Crippen LogP contribution in [0, 0.1) is 0 Å². The van der Waals surface area contributed by atoms with Crippen LogP contribution in [0.3, 0.4) is 0 Å². The molecule has 2 aromatic rings. The third kappa shape index (κ3) is 9.99. The summed E-state index contributed by atoms with van der Waals surface area (Å²) in [7, 11) is 1.20. The van der Waals surface area contributed by atoms with Crippen molar-refractivity contribution in [3.05, 3.63) is 59.7 Å². The lowest BCUT2D eigenvalue weighted by molar-refractivity contribution is -0.145. The molecule has 12 nitrogen and oxygen atoms in total. The van der Waals surface area contributed by atoms with Gasteiger partial charge >= 0.3 is 24.1 Å². The fourth-order valence-electron chi connectivity index (χ4n) is 4.95. The van der Waals surface area contributed by atoms with Crippen LogP contribution in [0.4, 0.5) is 9.59 Å². The second-order valence-corrected chi connectivity index (χ2v) is 11.5. The number of carboxylic acid groups (broad SMARTS) is 1. The van der Waals surface area contributed by atoms with Crippen LogP contribution in [-0.4, -0.2) is 73.1 Å². The summed E-state index contributed by atoms with van der Waals surface area (Å²) >= 11 is 0. The van der Waals surface area contributed by atoms with E-state index in [0.717, 1.165) is 22.3 Å². The molecule has 0 saturated carbocycles. The van der Waals surface area contributed by atoms with Gasteiger partial charge in [-0.3, -0.25) is 4.79 Å². The number of hydrogen-bond donors (Lipinski definition) is 4. The van der Waals surface area contributed by atoms with Crippen molar-refractivity contribution in [3.8, 4) is 11.1 Å². The van der Waals surface area contributed by atoms with Gasteiger partial charge in [-0.25, -0.2) is 19.2 Å². The summed E-state index contributed by atoms with van der Waals surface area (Å²) in [6, 6.07) is 13.8. The highest BCUT2D eigenvalue weighted by molar-refractivity contribution is 5.85. The van der Waals surface area contributed by atoms with Crippen molar-refractivity contribution in [1.82, 2.24) is 16.0 Å². The number of carboxylic acids is 1. The molecule has 0 heterocycles. The Balaban J connectivity index is 1.39. The summed E-state index contributed by atoms with van der Waals surface area (Å²) < 4.78 is 15.4. The molecule has 238 valence electrons. The maximum absolute atomic E-state index is 12.5. The SMILES string of the molecule is COC(=O)[C@H](CCCCNC(=O)OCC1c2ccccc2-c2ccccc21)NC(=O)CC[C@H](NC(=O)OC(C)(C)C)C(=O)O. The van der Waals surface area contributed by atoms with Gasteiger partial charge in [0.15, 0.2) is 0 Å². The van der Waals surface area contributed by atoms with Crippen molar-refractivity contribution in [1.29, 1.82) is 0 Å². The van der Waals surface area contributed by atoms with Gasteiger partial charge in [-0.1, -0.05) is 48.5 Å². The first-order valence-corrected chi connectivity index (χ1v) is 14.6. The summed E-state index contributed by atoms with van der Waals surface area (Å²) in [6.45, 7) is 5.42. The van der Waals surface area contributed by atoms with Gasteiger partial charge in [-0.2, -0.15) is 0 Å². The van der Waals surface area contributed by atoms with Crippen molar-refractivity contribution >= 4 is 30.0 Å². The van der Waals surface area contributed by atoms with Gasteiger partial charge in [0, 0.05) is 18.9 Å². The summed E-state index contributed by atoms with van der Waals surface area (Å²) in [5, 5.41) is 16.9. The lowest BCUT2D eigenvalue weighted by atomic mass is 9.98. The molecule has 1 aliphatic rings. The van der Waals surface area contributed by atoms with E-state index < -0.39 is 47.7 Å².